The van der Waals surface area contributed by atoms with Crippen molar-refractivity contribution < 1.29 is 17.5 Å². The van der Waals surface area contributed by atoms with Crippen LogP contribution in [0.2, 0.25) is 0 Å². The maximum Gasteiger partial charge on any atom is 0.191 e. The second-order valence-corrected chi connectivity index (χ2v) is 8.83. The summed E-state index contributed by atoms with van der Waals surface area (Å²) in [5.41, 5.74) is 0. The number of hydrogen-bond donors (Lipinski definition) is 2. The molecule has 0 spiro atoms. The van der Waals surface area contributed by atoms with Gasteiger partial charge < -0.3 is 15.4 Å². The number of nitrogens with zero attached hydrogens (tertiary/aromatic N) is 2. The van der Waals surface area contributed by atoms with Gasteiger partial charge in [0.2, 0.25) is 0 Å². The highest BCUT2D eigenvalue weighted by molar-refractivity contribution is 7.91. The van der Waals surface area contributed by atoms with Gasteiger partial charge >= 0.3 is 0 Å². The van der Waals surface area contributed by atoms with Gasteiger partial charge in [0.15, 0.2) is 15.8 Å². The smallest absolute Gasteiger partial charge is 0.191 e. The molecule has 1 heterocycles. The fourth-order valence-electron chi connectivity index (χ4n) is 2.68. The number of benzene rings is 1. The maximum atomic E-state index is 13.2. The van der Waals surface area contributed by atoms with Gasteiger partial charge in [0.05, 0.1) is 18.1 Å². The Morgan fingerprint density at radius 3 is 2.74 bits per heavy atom. The molecule has 0 aromatic heterocycles. The molecule has 0 amide bonds. The molecule has 1 atom stereocenters. The van der Waals surface area contributed by atoms with Gasteiger partial charge in [-0.1, -0.05) is 6.07 Å². The Kier molecular flexibility index (Phi) is 8.30. The Morgan fingerprint density at radius 1 is 1.33 bits per heavy atom. The summed E-state index contributed by atoms with van der Waals surface area (Å²) in [7, 11) is -2.85. The summed E-state index contributed by atoms with van der Waals surface area (Å²) in [5, 5.41) is 6.42. The second-order valence-electron chi connectivity index (χ2n) is 6.53. The van der Waals surface area contributed by atoms with E-state index in [0.717, 1.165) is 13.1 Å². The van der Waals surface area contributed by atoms with Crippen molar-refractivity contribution in [3.63, 3.8) is 0 Å². The Morgan fingerprint density at radius 2 is 2.07 bits per heavy atom. The first kappa shape index (κ1) is 21.4. The molecule has 1 fully saturated rings. The van der Waals surface area contributed by atoms with Crippen molar-refractivity contribution in [2.45, 2.75) is 20.0 Å². The molecule has 152 valence electrons. The summed E-state index contributed by atoms with van der Waals surface area (Å²) in [5.74, 6) is 1.29. The number of rotatable bonds is 8. The van der Waals surface area contributed by atoms with Crippen LogP contribution in [0.1, 0.15) is 13.8 Å². The summed E-state index contributed by atoms with van der Waals surface area (Å²) in [6.07, 6.45) is -0.199. The third kappa shape index (κ3) is 8.13. The monoisotopic (exact) mass is 400 g/mol. The van der Waals surface area contributed by atoms with Crippen LogP contribution < -0.4 is 15.4 Å². The second kappa shape index (κ2) is 10.5. The first-order chi connectivity index (χ1) is 12.9. The molecule has 9 heteroatoms. The van der Waals surface area contributed by atoms with Gasteiger partial charge in [0.1, 0.15) is 17.7 Å². The Bertz CT molecular complexity index is 713. The summed E-state index contributed by atoms with van der Waals surface area (Å²) >= 11 is 0. The van der Waals surface area contributed by atoms with Gasteiger partial charge in [-0.05, 0) is 26.0 Å². The highest BCUT2D eigenvalue weighted by Gasteiger charge is 2.20. The van der Waals surface area contributed by atoms with Crippen molar-refractivity contribution >= 4 is 15.8 Å². The molecule has 0 bridgehead atoms. The fourth-order valence-corrected chi connectivity index (χ4v) is 3.95. The average Bonchev–Trinajstić information content (AvgIpc) is 2.61. The fraction of sp³-hybridized carbons (Fsp3) is 0.611. The van der Waals surface area contributed by atoms with Crippen LogP contribution >= 0.6 is 0 Å². The molecular weight excluding hydrogens is 371 g/mol. The van der Waals surface area contributed by atoms with Gasteiger partial charge in [-0.25, -0.2) is 17.8 Å². The van der Waals surface area contributed by atoms with E-state index in [1.807, 2.05) is 13.8 Å². The van der Waals surface area contributed by atoms with Crippen LogP contribution in [-0.4, -0.2) is 76.2 Å². The van der Waals surface area contributed by atoms with Crippen LogP contribution in [0.25, 0.3) is 0 Å². The lowest BCUT2D eigenvalue weighted by atomic mass is 10.3. The lowest BCUT2D eigenvalue weighted by Gasteiger charge is -2.26. The van der Waals surface area contributed by atoms with Crippen LogP contribution in [0, 0.1) is 5.82 Å². The van der Waals surface area contributed by atoms with Crippen LogP contribution in [0.3, 0.4) is 0 Å². The lowest BCUT2D eigenvalue weighted by Crippen LogP contribution is -2.46. The third-order valence-corrected chi connectivity index (χ3v) is 5.75. The summed E-state index contributed by atoms with van der Waals surface area (Å²) in [6, 6.07) is 6.05. The van der Waals surface area contributed by atoms with Gasteiger partial charge in [-0.2, -0.15) is 0 Å². The van der Waals surface area contributed by atoms with E-state index in [4.69, 9.17) is 4.74 Å². The highest BCUT2D eigenvalue weighted by Crippen LogP contribution is 2.13. The molecule has 27 heavy (non-hydrogen) atoms. The molecule has 2 rings (SSSR count). The summed E-state index contributed by atoms with van der Waals surface area (Å²) in [6.45, 7) is 7.61. The van der Waals surface area contributed by atoms with Crippen LogP contribution in [0.15, 0.2) is 29.3 Å². The molecule has 2 N–H and O–H groups in total. The standard InChI is InChI=1S/C18H29FN4O3S/c1-3-20-18(21-7-8-23-9-11-27(24,25)12-10-23)22-14-15(2)26-17-6-4-5-16(19)13-17/h4-6,13,15H,3,7-12,14H2,1-2H3,(H2,20,21,22). The predicted octanol–water partition coefficient (Wildman–Crippen LogP) is 0.879. The number of aliphatic imine (C=N–C) groups is 1. The van der Waals surface area contributed by atoms with E-state index in [1.54, 1.807) is 12.1 Å². The van der Waals surface area contributed by atoms with E-state index >= 15 is 0 Å². The molecule has 0 radical (unpaired) electrons. The van der Waals surface area contributed by atoms with Crippen molar-refractivity contribution in [3.8, 4) is 5.75 Å². The average molecular weight is 401 g/mol. The number of guanidine groups is 1. The largest absolute Gasteiger partial charge is 0.489 e. The molecule has 7 nitrogen and oxygen atoms in total. The summed E-state index contributed by atoms with van der Waals surface area (Å²) in [4.78, 5) is 6.63. The van der Waals surface area contributed by atoms with E-state index in [0.29, 0.717) is 37.9 Å². The Labute approximate surface area is 160 Å². The number of hydrogen-bond acceptors (Lipinski definition) is 5. The molecular formula is C18H29FN4O3S. The quantitative estimate of drug-likeness (QED) is 0.498. The zero-order chi connectivity index (χ0) is 19.7. The SMILES string of the molecule is CCNC(=NCC(C)Oc1cccc(F)c1)NCCN1CCS(=O)(=O)CC1. The van der Waals surface area contributed by atoms with Crippen molar-refractivity contribution in [2.75, 3.05) is 50.8 Å². The topological polar surface area (TPSA) is 83.0 Å². The van der Waals surface area contributed by atoms with Gasteiger partial charge in [-0.15, -0.1) is 0 Å². The van der Waals surface area contributed by atoms with E-state index in [-0.39, 0.29) is 23.4 Å². The number of nitrogens with one attached hydrogen (secondary N) is 2. The molecule has 1 aromatic carbocycles. The molecule has 1 unspecified atom stereocenters. The molecule has 0 aliphatic carbocycles. The molecule has 1 aliphatic rings. The molecule has 1 aliphatic heterocycles. The van der Waals surface area contributed by atoms with Crippen molar-refractivity contribution in [1.82, 2.24) is 15.5 Å². The van der Waals surface area contributed by atoms with Crippen LogP contribution in [0.5, 0.6) is 5.75 Å². The maximum absolute atomic E-state index is 13.2. The first-order valence-electron chi connectivity index (χ1n) is 9.25. The normalized spacial score (nSPS) is 18.7. The third-order valence-electron chi connectivity index (χ3n) is 4.14. The van der Waals surface area contributed by atoms with Crippen LogP contribution in [-0.2, 0) is 9.84 Å². The minimum atomic E-state index is -2.85. The van der Waals surface area contributed by atoms with Gasteiger partial charge in [0.25, 0.3) is 0 Å². The van der Waals surface area contributed by atoms with E-state index < -0.39 is 9.84 Å². The van der Waals surface area contributed by atoms with Gasteiger partial charge in [-0.3, -0.25) is 4.90 Å². The zero-order valence-electron chi connectivity index (χ0n) is 15.9. The number of halogens is 1. The van der Waals surface area contributed by atoms with Crippen molar-refractivity contribution in [2.24, 2.45) is 4.99 Å². The molecule has 1 saturated heterocycles. The summed E-state index contributed by atoms with van der Waals surface area (Å²) < 4.78 is 41.8. The van der Waals surface area contributed by atoms with Crippen molar-refractivity contribution in [3.05, 3.63) is 30.1 Å². The molecule has 1 aromatic rings. The van der Waals surface area contributed by atoms with Crippen molar-refractivity contribution in [1.29, 1.82) is 0 Å². The highest BCUT2D eigenvalue weighted by atomic mass is 32.2. The Balaban J connectivity index is 1.76. The Hall–Kier alpha value is -1.87. The number of sulfone groups is 1. The van der Waals surface area contributed by atoms with Gasteiger partial charge in [0, 0.05) is 38.8 Å². The molecule has 0 saturated carbocycles. The first-order valence-corrected chi connectivity index (χ1v) is 11.1. The lowest BCUT2D eigenvalue weighted by molar-refractivity contribution is 0.229. The van der Waals surface area contributed by atoms with E-state index in [1.165, 1.54) is 12.1 Å². The minimum absolute atomic E-state index is 0.199. The predicted molar refractivity (Wildman–Crippen MR) is 106 cm³/mol. The van der Waals surface area contributed by atoms with Crippen LogP contribution in [0.4, 0.5) is 4.39 Å². The van der Waals surface area contributed by atoms with E-state index in [9.17, 15) is 12.8 Å². The minimum Gasteiger partial charge on any atom is -0.489 e. The zero-order valence-corrected chi connectivity index (χ0v) is 16.8. The van der Waals surface area contributed by atoms with E-state index in [2.05, 4.69) is 20.5 Å². The number of ether oxygens (including phenoxy) is 1.